The second-order valence-corrected chi connectivity index (χ2v) is 9.58. The number of rotatable bonds is 9. The summed E-state index contributed by atoms with van der Waals surface area (Å²) in [5.41, 5.74) is 2.74. The highest BCUT2D eigenvalue weighted by molar-refractivity contribution is 6.47. The number of aryl methyl sites for hydroxylation is 1. The number of carbonyl (C=O) groups is 2. The summed E-state index contributed by atoms with van der Waals surface area (Å²) in [6, 6.07) is 19.1. The van der Waals surface area contributed by atoms with E-state index >= 15 is 0 Å². The van der Waals surface area contributed by atoms with Gasteiger partial charge >= 0.3 is 0 Å². The average molecular weight is 540 g/mol. The van der Waals surface area contributed by atoms with Crippen LogP contribution in [0.2, 0.25) is 10.0 Å². The summed E-state index contributed by atoms with van der Waals surface area (Å²) in [5.74, 6) is -1.07. The summed E-state index contributed by atoms with van der Waals surface area (Å²) in [7, 11) is 1.57. The Bertz CT molecular complexity index is 1340. The summed E-state index contributed by atoms with van der Waals surface area (Å²) >= 11 is 12.4. The van der Waals surface area contributed by atoms with Gasteiger partial charge in [-0.2, -0.15) is 0 Å². The number of hydrogen-bond acceptors (Lipinski definition) is 5. The highest BCUT2D eigenvalue weighted by atomic mass is 35.5. The third kappa shape index (κ3) is 5.82. The third-order valence-corrected chi connectivity index (χ3v) is 6.99. The van der Waals surface area contributed by atoms with Gasteiger partial charge in [-0.1, -0.05) is 59.6 Å². The monoisotopic (exact) mass is 539 g/mol. The van der Waals surface area contributed by atoms with Crippen LogP contribution in [-0.2, 0) is 20.9 Å². The minimum absolute atomic E-state index is 0.00172. The molecule has 3 aromatic rings. The van der Waals surface area contributed by atoms with Crippen molar-refractivity contribution in [1.29, 1.82) is 0 Å². The first-order valence-electron chi connectivity index (χ1n) is 11.8. The van der Waals surface area contributed by atoms with Gasteiger partial charge in [-0.15, -0.1) is 0 Å². The van der Waals surface area contributed by atoms with Crippen LogP contribution >= 0.6 is 23.2 Å². The fraction of sp³-hybridized carbons (Fsp3) is 0.241. The van der Waals surface area contributed by atoms with Crippen LogP contribution in [0.15, 0.2) is 72.3 Å². The first-order chi connectivity index (χ1) is 17.8. The number of likely N-dealkylation sites (tertiary alicyclic amines) is 1. The number of ether oxygens (including phenoxy) is 2. The van der Waals surface area contributed by atoms with Gasteiger partial charge in [0.05, 0.1) is 21.7 Å². The van der Waals surface area contributed by atoms with Crippen LogP contribution in [-0.4, -0.2) is 42.0 Å². The molecular weight excluding hydrogens is 513 g/mol. The number of benzene rings is 3. The summed E-state index contributed by atoms with van der Waals surface area (Å²) < 4.78 is 11.0. The molecule has 8 heteroatoms. The van der Waals surface area contributed by atoms with E-state index < -0.39 is 17.7 Å². The van der Waals surface area contributed by atoms with E-state index in [1.165, 1.54) is 4.90 Å². The van der Waals surface area contributed by atoms with Gasteiger partial charge in [-0.3, -0.25) is 9.59 Å². The molecule has 192 valence electrons. The molecule has 1 unspecified atom stereocenters. The minimum Gasteiger partial charge on any atom is -0.507 e. The quantitative estimate of drug-likeness (QED) is 0.148. The molecule has 6 nitrogen and oxygen atoms in total. The number of nitrogens with zero attached hydrogens (tertiary/aromatic N) is 1. The molecule has 0 bridgehead atoms. The molecular formula is C29H27Cl2NO5. The number of halogens is 2. The molecule has 0 saturated carbocycles. The molecule has 0 aliphatic carbocycles. The summed E-state index contributed by atoms with van der Waals surface area (Å²) in [6.45, 7) is 2.90. The van der Waals surface area contributed by atoms with Crippen molar-refractivity contribution in [2.24, 2.45) is 0 Å². The van der Waals surface area contributed by atoms with Gasteiger partial charge in [0.2, 0.25) is 0 Å². The van der Waals surface area contributed by atoms with Crippen molar-refractivity contribution in [3.63, 3.8) is 0 Å². The number of amides is 1. The van der Waals surface area contributed by atoms with E-state index in [4.69, 9.17) is 32.7 Å². The molecule has 0 spiro atoms. The van der Waals surface area contributed by atoms with Gasteiger partial charge in [0.1, 0.15) is 18.1 Å². The predicted octanol–water partition coefficient (Wildman–Crippen LogP) is 6.34. The number of aliphatic hydroxyl groups excluding tert-OH is 1. The third-order valence-electron chi connectivity index (χ3n) is 6.25. The van der Waals surface area contributed by atoms with Crippen molar-refractivity contribution in [2.45, 2.75) is 26.0 Å². The lowest BCUT2D eigenvalue weighted by Gasteiger charge is -2.25. The van der Waals surface area contributed by atoms with E-state index in [0.29, 0.717) is 47.1 Å². The Morgan fingerprint density at radius 3 is 2.43 bits per heavy atom. The van der Waals surface area contributed by atoms with Crippen molar-refractivity contribution in [1.82, 2.24) is 4.90 Å². The highest BCUT2D eigenvalue weighted by Crippen LogP contribution is 2.41. The van der Waals surface area contributed by atoms with Crippen LogP contribution in [0.3, 0.4) is 0 Å². The first-order valence-corrected chi connectivity index (χ1v) is 12.6. The number of aliphatic hydroxyl groups is 1. The van der Waals surface area contributed by atoms with E-state index in [1.807, 2.05) is 37.3 Å². The zero-order valence-electron chi connectivity index (χ0n) is 20.5. The smallest absolute Gasteiger partial charge is 0.295 e. The van der Waals surface area contributed by atoms with E-state index in [0.717, 1.165) is 5.56 Å². The second kappa shape index (κ2) is 11.8. The Hall–Kier alpha value is -3.32. The fourth-order valence-electron chi connectivity index (χ4n) is 4.40. The molecule has 4 rings (SSSR count). The zero-order valence-corrected chi connectivity index (χ0v) is 22.1. The number of methoxy groups -OCH3 is 1. The standard InChI is InChI=1S/C29H27Cl2NO5/c1-18-15-21(37-17-19-7-4-3-5-8-19)10-11-22(18)27(33)25-26(20-9-12-23(30)24(31)16-20)32(13-6-14-36-2)29(35)28(25)34/h3-5,7-12,15-16,26,33H,6,13-14,17H2,1-2H3/b27-25+. The molecule has 3 aromatic carbocycles. The van der Waals surface area contributed by atoms with Gasteiger partial charge in [0.25, 0.3) is 11.7 Å². The van der Waals surface area contributed by atoms with E-state index in [2.05, 4.69) is 0 Å². The van der Waals surface area contributed by atoms with Crippen molar-refractivity contribution in [3.8, 4) is 5.75 Å². The lowest BCUT2D eigenvalue weighted by Crippen LogP contribution is -2.31. The van der Waals surface area contributed by atoms with Gasteiger partial charge in [-0.25, -0.2) is 0 Å². The van der Waals surface area contributed by atoms with Gasteiger partial charge in [0, 0.05) is 25.8 Å². The molecule has 1 atom stereocenters. The van der Waals surface area contributed by atoms with Crippen molar-refractivity contribution in [3.05, 3.63) is 105 Å². The van der Waals surface area contributed by atoms with Crippen molar-refractivity contribution in [2.75, 3.05) is 20.3 Å². The average Bonchev–Trinajstić information content (AvgIpc) is 3.14. The van der Waals surface area contributed by atoms with Crippen LogP contribution in [0.25, 0.3) is 5.76 Å². The van der Waals surface area contributed by atoms with Gasteiger partial charge < -0.3 is 19.5 Å². The summed E-state index contributed by atoms with van der Waals surface area (Å²) in [5, 5.41) is 12.0. The number of hydrogen-bond donors (Lipinski definition) is 1. The molecule has 1 fully saturated rings. The molecule has 0 radical (unpaired) electrons. The molecule has 1 saturated heterocycles. The Labute approximate surface area is 226 Å². The topological polar surface area (TPSA) is 76.1 Å². The normalized spacial score (nSPS) is 16.9. The number of carbonyl (C=O) groups excluding carboxylic acids is 2. The lowest BCUT2D eigenvalue weighted by atomic mass is 9.94. The molecule has 37 heavy (non-hydrogen) atoms. The van der Waals surface area contributed by atoms with Crippen LogP contribution in [0.4, 0.5) is 0 Å². The van der Waals surface area contributed by atoms with E-state index in [-0.39, 0.29) is 22.9 Å². The molecule has 1 N–H and O–H groups in total. The maximum absolute atomic E-state index is 13.2. The molecule has 1 aliphatic rings. The molecule has 0 aromatic heterocycles. The number of ketones is 1. The van der Waals surface area contributed by atoms with Gasteiger partial charge in [0.15, 0.2) is 0 Å². The van der Waals surface area contributed by atoms with Crippen LogP contribution in [0, 0.1) is 6.92 Å². The Balaban J connectivity index is 1.71. The SMILES string of the molecule is COCCCN1C(=O)C(=O)/C(=C(/O)c2ccc(OCc3ccccc3)cc2C)C1c1ccc(Cl)c(Cl)c1. The number of Topliss-reactive ketones (excluding diaryl/α,β-unsaturated/α-hetero) is 1. The molecule has 1 amide bonds. The largest absolute Gasteiger partial charge is 0.507 e. The maximum Gasteiger partial charge on any atom is 0.295 e. The Kier molecular flexibility index (Phi) is 8.54. The second-order valence-electron chi connectivity index (χ2n) is 8.76. The van der Waals surface area contributed by atoms with Crippen LogP contribution < -0.4 is 4.74 Å². The molecule has 1 aliphatic heterocycles. The van der Waals surface area contributed by atoms with Crippen LogP contribution in [0.5, 0.6) is 5.75 Å². The van der Waals surface area contributed by atoms with Gasteiger partial charge in [-0.05, 0) is 60.4 Å². The Morgan fingerprint density at radius 2 is 1.76 bits per heavy atom. The fourth-order valence-corrected chi connectivity index (χ4v) is 4.70. The molecule has 1 heterocycles. The Morgan fingerprint density at radius 1 is 1.00 bits per heavy atom. The lowest BCUT2D eigenvalue weighted by molar-refractivity contribution is -0.140. The highest BCUT2D eigenvalue weighted by Gasteiger charge is 2.46. The van der Waals surface area contributed by atoms with E-state index in [9.17, 15) is 14.7 Å². The predicted molar refractivity (Wildman–Crippen MR) is 144 cm³/mol. The summed E-state index contributed by atoms with van der Waals surface area (Å²) in [4.78, 5) is 27.7. The first kappa shape index (κ1) is 26.7. The van der Waals surface area contributed by atoms with Crippen molar-refractivity contribution >= 4 is 40.7 Å². The van der Waals surface area contributed by atoms with Crippen LogP contribution in [0.1, 0.15) is 34.7 Å². The summed E-state index contributed by atoms with van der Waals surface area (Å²) in [6.07, 6.45) is 0.522. The maximum atomic E-state index is 13.2. The minimum atomic E-state index is -0.819. The zero-order chi connectivity index (χ0) is 26.5. The van der Waals surface area contributed by atoms with E-state index in [1.54, 1.807) is 43.5 Å². The van der Waals surface area contributed by atoms with Crippen molar-refractivity contribution < 1.29 is 24.2 Å².